The lowest BCUT2D eigenvalue weighted by molar-refractivity contribution is -0.140. The van der Waals surface area contributed by atoms with Crippen LogP contribution in [0.25, 0.3) is 0 Å². The second kappa shape index (κ2) is 17.0. The molecule has 0 radical (unpaired) electrons. The summed E-state index contributed by atoms with van der Waals surface area (Å²) < 4.78 is 40.4. The first-order chi connectivity index (χ1) is 23.1. The molecule has 4 aromatic carbocycles. The highest BCUT2D eigenvalue weighted by atomic mass is 35.5. The summed E-state index contributed by atoms with van der Waals surface area (Å²) in [7, 11) is -1.48. The molecule has 0 aliphatic heterocycles. The number of unbranched alkanes of at least 4 members (excludes halogenated alkanes) is 1. The lowest BCUT2D eigenvalue weighted by Gasteiger charge is -2.34. The number of amides is 2. The van der Waals surface area contributed by atoms with Crippen LogP contribution in [-0.2, 0) is 32.6 Å². The van der Waals surface area contributed by atoms with Crippen molar-refractivity contribution in [1.29, 1.82) is 0 Å². The highest BCUT2D eigenvalue weighted by Crippen LogP contribution is 2.33. The largest absolute Gasteiger partial charge is 0.493 e. The van der Waals surface area contributed by atoms with Crippen LogP contribution in [0.1, 0.15) is 36.5 Å². The van der Waals surface area contributed by atoms with Crippen molar-refractivity contribution in [1.82, 2.24) is 10.2 Å². The molecule has 1 atom stereocenters. The van der Waals surface area contributed by atoms with Crippen LogP contribution < -0.4 is 19.1 Å². The zero-order valence-corrected chi connectivity index (χ0v) is 29.3. The zero-order valence-electron chi connectivity index (χ0n) is 27.7. The fourth-order valence-electron chi connectivity index (χ4n) is 5.31. The number of nitrogens with one attached hydrogen (secondary N) is 1. The second-order valence-corrected chi connectivity index (χ2v) is 13.7. The third-order valence-corrected chi connectivity index (χ3v) is 9.89. The van der Waals surface area contributed by atoms with Crippen molar-refractivity contribution in [2.24, 2.45) is 0 Å². The van der Waals surface area contributed by atoms with Gasteiger partial charge in [-0.15, -0.1) is 0 Å². The summed E-state index contributed by atoms with van der Waals surface area (Å²) in [6, 6.07) is 26.7. The summed E-state index contributed by atoms with van der Waals surface area (Å²) >= 11 is 6.17. The number of benzene rings is 4. The Kier molecular flexibility index (Phi) is 12.9. The van der Waals surface area contributed by atoms with E-state index in [9.17, 15) is 18.0 Å². The summed E-state index contributed by atoms with van der Waals surface area (Å²) in [5.74, 6) is -0.294. The second-order valence-electron chi connectivity index (χ2n) is 11.4. The number of rotatable bonds is 16. The van der Waals surface area contributed by atoms with Gasteiger partial charge in [0.25, 0.3) is 10.0 Å². The van der Waals surface area contributed by atoms with Crippen LogP contribution in [0.15, 0.2) is 102 Å². The van der Waals surface area contributed by atoms with Gasteiger partial charge in [-0.2, -0.15) is 0 Å². The Morgan fingerprint density at radius 3 is 2.19 bits per heavy atom. The molecule has 0 unspecified atom stereocenters. The van der Waals surface area contributed by atoms with Gasteiger partial charge in [-0.3, -0.25) is 13.9 Å². The third kappa shape index (κ3) is 9.29. The minimum atomic E-state index is -4.35. The number of halogens is 1. The monoisotopic (exact) mass is 691 g/mol. The first kappa shape index (κ1) is 36.3. The van der Waals surface area contributed by atoms with Crippen molar-refractivity contribution >= 4 is 39.1 Å². The molecule has 1 N–H and O–H groups in total. The quantitative estimate of drug-likeness (QED) is 0.136. The van der Waals surface area contributed by atoms with E-state index >= 15 is 0 Å². The van der Waals surface area contributed by atoms with Gasteiger partial charge in [0.2, 0.25) is 11.8 Å². The van der Waals surface area contributed by atoms with E-state index in [1.165, 1.54) is 49.5 Å². The Morgan fingerprint density at radius 1 is 0.854 bits per heavy atom. The van der Waals surface area contributed by atoms with Gasteiger partial charge in [0.05, 0.1) is 24.8 Å². The summed E-state index contributed by atoms with van der Waals surface area (Å²) in [6.45, 7) is 3.94. The minimum absolute atomic E-state index is 0.0874. The third-order valence-electron chi connectivity index (χ3n) is 7.87. The van der Waals surface area contributed by atoms with Crippen LogP contribution in [0, 0.1) is 6.92 Å². The van der Waals surface area contributed by atoms with Gasteiger partial charge < -0.3 is 19.7 Å². The van der Waals surface area contributed by atoms with Crippen LogP contribution in [0.5, 0.6) is 11.5 Å². The smallest absolute Gasteiger partial charge is 0.264 e. The first-order valence-corrected chi connectivity index (χ1v) is 17.6. The molecule has 11 heteroatoms. The minimum Gasteiger partial charge on any atom is -0.493 e. The molecule has 0 fully saturated rings. The Labute approximate surface area is 288 Å². The Hall–Kier alpha value is -4.54. The summed E-state index contributed by atoms with van der Waals surface area (Å²) in [5.41, 5.74) is 2.89. The summed E-state index contributed by atoms with van der Waals surface area (Å²) in [5, 5.41) is 3.41. The highest BCUT2D eigenvalue weighted by Gasteiger charge is 2.35. The van der Waals surface area contributed by atoms with Crippen LogP contribution in [0.2, 0.25) is 5.02 Å². The SMILES string of the molecule is CCCCNC(=O)[C@H](Cc1ccccc1)N(Cc1cccc(C)c1)C(=O)CN(c1ccc(Cl)cc1)S(=O)(=O)c1ccc(OC)c(OC)c1. The number of carbonyl (C=O) groups excluding carboxylic acids is 2. The Balaban J connectivity index is 1.81. The number of sulfonamides is 1. The number of anilines is 1. The van der Waals surface area contributed by atoms with Crippen LogP contribution in [0.4, 0.5) is 5.69 Å². The lowest BCUT2D eigenvalue weighted by Crippen LogP contribution is -2.53. The molecule has 0 aliphatic rings. The van der Waals surface area contributed by atoms with E-state index in [-0.39, 0.29) is 35.2 Å². The van der Waals surface area contributed by atoms with Crippen molar-refractivity contribution in [3.63, 3.8) is 0 Å². The van der Waals surface area contributed by atoms with Gasteiger partial charge in [-0.1, -0.05) is 85.1 Å². The van der Waals surface area contributed by atoms with Crippen molar-refractivity contribution in [3.05, 3.63) is 119 Å². The van der Waals surface area contributed by atoms with Gasteiger partial charge in [-0.25, -0.2) is 8.42 Å². The molecule has 2 amide bonds. The maximum atomic E-state index is 14.6. The Morgan fingerprint density at radius 2 is 1.54 bits per heavy atom. The number of hydrogen-bond donors (Lipinski definition) is 1. The molecule has 0 saturated heterocycles. The zero-order chi connectivity index (χ0) is 34.7. The number of hydrogen-bond acceptors (Lipinski definition) is 6. The molecule has 9 nitrogen and oxygen atoms in total. The number of methoxy groups -OCH3 is 2. The molecule has 0 aliphatic carbocycles. The number of nitrogens with zero attached hydrogens (tertiary/aromatic N) is 2. The fourth-order valence-corrected chi connectivity index (χ4v) is 6.86. The molecule has 4 rings (SSSR count). The maximum absolute atomic E-state index is 14.6. The average Bonchev–Trinajstić information content (AvgIpc) is 3.09. The van der Waals surface area contributed by atoms with E-state index in [1.807, 2.05) is 68.4 Å². The molecule has 0 heterocycles. The van der Waals surface area contributed by atoms with Gasteiger partial charge in [-0.05, 0) is 60.9 Å². The topological polar surface area (TPSA) is 105 Å². The van der Waals surface area contributed by atoms with Gasteiger partial charge in [0.1, 0.15) is 12.6 Å². The van der Waals surface area contributed by atoms with Crippen LogP contribution in [-0.4, -0.2) is 58.5 Å². The van der Waals surface area contributed by atoms with Gasteiger partial charge in [0.15, 0.2) is 11.5 Å². The van der Waals surface area contributed by atoms with E-state index < -0.39 is 28.5 Å². The van der Waals surface area contributed by atoms with Gasteiger partial charge in [0, 0.05) is 30.6 Å². The molecule has 0 bridgehead atoms. The molecular formula is C37H42ClN3O6S. The summed E-state index contributed by atoms with van der Waals surface area (Å²) in [4.78, 5) is 29.9. The van der Waals surface area contributed by atoms with Crippen LogP contribution in [0.3, 0.4) is 0 Å². The average molecular weight is 692 g/mol. The van der Waals surface area contributed by atoms with Crippen molar-refractivity contribution in [2.75, 3.05) is 31.6 Å². The van der Waals surface area contributed by atoms with Crippen molar-refractivity contribution < 1.29 is 27.5 Å². The molecule has 254 valence electrons. The van der Waals surface area contributed by atoms with E-state index in [1.54, 1.807) is 12.1 Å². The Bertz CT molecular complexity index is 1780. The normalized spacial score (nSPS) is 11.8. The molecular weight excluding hydrogens is 650 g/mol. The molecule has 48 heavy (non-hydrogen) atoms. The van der Waals surface area contributed by atoms with Crippen molar-refractivity contribution in [2.45, 2.75) is 50.6 Å². The standard InChI is InChI=1S/C37H42ClN3O6S/c1-5-6-21-39-37(43)33(23-28-12-8-7-9-13-28)40(25-29-14-10-11-27(2)22-29)36(42)26-41(31-17-15-30(38)16-18-31)48(44,45)32-19-20-34(46-3)35(24-32)47-4/h7-20,22,24,33H,5-6,21,23,25-26H2,1-4H3,(H,39,43)/t33-/m0/s1. The first-order valence-electron chi connectivity index (χ1n) is 15.7. The number of ether oxygens (including phenoxy) is 2. The lowest BCUT2D eigenvalue weighted by atomic mass is 10.0. The van der Waals surface area contributed by atoms with E-state index in [0.717, 1.165) is 33.8 Å². The highest BCUT2D eigenvalue weighted by molar-refractivity contribution is 7.92. The maximum Gasteiger partial charge on any atom is 0.264 e. The molecule has 0 saturated carbocycles. The number of aryl methyl sites for hydroxylation is 1. The van der Waals surface area contributed by atoms with Crippen molar-refractivity contribution in [3.8, 4) is 11.5 Å². The number of carbonyl (C=O) groups is 2. The molecule has 4 aromatic rings. The van der Waals surface area contributed by atoms with E-state index in [2.05, 4.69) is 5.32 Å². The van der Waals surface area contributed by atoms with E-state index in [4.69, 9.17) is 21.1 Å². The van der Waals surface area contributed by atoms with Crippen LogP contribution >= 0.6 is 11.6 Å². The molecule has 0 spiro atoms. The molecule has 0 aromatic heterocycles. The fraction of sp³-hybridized carbons (Fsp3) is 0.297. The summed E-state index contributed by atoms with van der Waals surface area (Å²) in [6.07, 6.45) is 1.91. The van der Waals surface area contributed by atoms with Gasteiger partial charge >= 0.3 is 0 Å². The van der Waals surface area contributed by atoms with E-state index in [0.29, 0.717) is 17.3 Å². The predicted octanol–water partition coefficient (Wildman–Crippen LogP) is 6.42. The predicted molar refractivity (Wildman–Crippen MR) is 189 cm³/mol.